The summed E-state index contributed by atoms with van der Waals surface area (Å²) in [6.07, 6.45) is 14.0. The lowest BCUT2D eigenvalue weighted by atomic mass is 10.1. The Bertz CT molecular complexity index is 192. The van der Waals surface area contributed by atoms with Crippen molar-refractivity contribution in [3.8, 4) is 0 Å². The minimum atomic E-state index is -2.14. The highest BCUT2D eigenvalue weighted by atomic mass is 32.2. The largest absolute Gasteiger partial charge is 0.232 e. The van der Waals surface area contributed by atoms with E-state index in [9.17, 15) is 8.42 Å². The zero-order valence-corrected chi connectivity index (χ0v) is 11.6. The predicted octanol–water partition coefficient (Wildman–Crippen LogP) is 3.91. The molecule has 0 aliphatic rings. The quantitative estimate of drug-likeness (QED) is 0.420. The molecular weight excluding hydrogens is 220 g/mol. The molecule has 0 saturated heterocycles. The summed E-state index contributed by atoms with van der Waals surface area (Å²) >= 11 is 0. The Morgan fingerprint density at radius 3 is 1.38 bits per heavy atom. The van der Waals surface area contributed by atoms with Gasteiger partial charge in [-0.05, 0) is 6.42 Å². The summed E-state index contributed by atoms with van der Waals surface area (Å²) in [5, 5.41) is 0. The first-order chi connectivity index (χ1) is 7.77. The van der Waals surface area contributed by atoms with E-state index in [0.29, 0.717) is 5.75 Å². The number of rotatable bonds is 12. The molecule has 0 spiro atoms. The minimum Gasteiger partial charge on any atom is -0.232 e. The summed E-state index contributed by atoms with van der Waals surface area (Å²) in [6, 6.07) is 0. The molecule has 0 aromatic heterocycles. The average molecular weight is 248 g/mol. The van der Waals surface area contributed by atoms with E-state index >= 15 is 0 Å². The Hall–Kier alpha value is -0.0500. The maximum atomic E-state index is 10.3. The van der Waals surface area contributed by atoms with Crippen LogP contribution >= 0.6 is 0 Å². The van der Waals surface area contributed by atoms with Crippen molar-refractivity contribution in [2.45, 2.75) is 77.6 Å². The van der Waals surface area contributed by atoms with Crippen molar-refractivity contribution >= 4 is 10.7 Å². The summed E-state index contributed by atoms with van der Waals surface area (Å²) in [5.41, 5.74) is 0. The predicted molar refractivity (Wildman–Crippen MR) is 71.6 cm³/mol. The number of hydrogen-bond donors (Lipinski definition) is 1. The molecule has 0 amide bonds. The lowest BCUT2D eigenvalue weighted by Crippen LogP contribution is -1.88. The van der Waals surface area contributed by atoms with Crippen LogP contribution < -0.4 is 0 Å². The van der Waals surface area contributed by atoms with Gasteiger partial charge in [-0.2, -0.15) is 0 Å². The zero-order valence-electron chi connectivity index (χ0n) is 10.7. The third-order valence-corrected chi connectivity index (χ3v) is 3.63. The van der Waals surface area contributed by atoms with Gasteiger partial charge < -0.3 is 0 Å². The molecule has 0 aromatic carbocycles. The molecule has 0 saturated carbocycles. The molecule has 0 fully saturated rings. The Labute approximate surface area is 103 Å². The average Bonchev–Trinajstić information content (AvgIpc) is 2.25. The molecule has 0 unspecified atom stereocenters. The molecule has 98 valence electrons. The highest BCUT2D eigenvalue weighted by Gasteiger charge is 1.93. The van der Waals surface area contributed by atoms with Crippen LogP contribution in [0.2, 0.25) is 0 Å². The second-order valence-electron chi connectivity index (χ2n) is 4.59. The van der Waals surface area contributed by atoms with Gasteiger partial charge >= 0.3 is 0 Å². The lowest BCUT2D eigenvalue weighted by molar-refractivity contribution is 0.553. The lowest BCUT2D eigenvalue weighted by Gasteiger charge is -2.01. The Balaban J connectivity index is 2.93. The Kier molecular flexibility index (Phi) is 13.0. The van der Waals surface area contributed by atoms with Crippen LogP contribution in [0.1, 0.15) is 77.6 Å². The molecule has 0 aliphatic carbocycles. The van der Waals surface area contributed by atoms with Crippen molar-refractivity contribution in [1.82, 2.24) is 0 Å². The van der Waals surface area contributed by atoms with Gasteiger partial charge in [-0.15, -0.1) is 0 Å². The van der Waals surface area contributed by atoms with Crippen LogP contribution in [0.4, 0.5) is 0 Å². The third-order valence-electron chi connectivity index (χ3n) is 2.94. The minimum absolute atomic E-state index is 0.381. The monoisotopic (exact) mass is 248 g/mol. The molecule has 0 bridgehead atoms. The molecule has 16 heavy (non-hydrogen) atoms. The van der Waals surface area contributed by atoms with Gasteiger partial charge in [0.25, 0.3) is 0 Å². The molecule has 0 rings (SSSR count). The maximum Gasteiger partial charge on any atom is 0.140 e. The molecule has 0 N–H and O–H groups in total. The van der Waals surface area contributed by atoms with E-state index in [1.165, 1.54) is 57.8 Å². The van der Waals surface area contributed by atoms with Crippen LogP contribution in [0, 0.1) is 0 Å². The SMILES string of the molecule is CCCCCCCCCCCCC[SH](=O)=O. The van der Waals surface area contributed by atoms with E-state index < -0.39 is 10.7 Å². The van der Waals surface area contributed by atoms with Gasteiger partial charge in [0.2, 0.25) is 0 Å². The van der Waals surface area contributed by atoms with E-state index in [-0.39, 0.29) is 0 Å². The van der Waals surface area contributed by atoms with E-state index in [1.54, 1.807) is 0 Å². The summed E-state index contributed by atoms with van der Waals surface area (Å²) in [5.74, 6) is 0.381. The summed E-state index contributed by atoms with van der Waals surface area (Å²) < 4.78 is 20.6. The van der Waals surface area contributed by atoms with Crippen LogP contribution in [-0.2, 0) is 10.7 Å². The Morgan fingerprint density at radius 1 is 0.625 bits per heavy atom. The molecular formula is C13H28O2S. The number of hydrogen-bond acceptors (Lipinski definition) is 2. The first-order valence-electron chi connectivity index (χ1n) is 6.89. The first-order valence-corrected chi connectivity index (χ1v) is 8.25. The second-order valence-corrected chi connectivity index (χ2v) is 5.70. The van der Waals surface area contributed by atoms with Gasteiger partial charge in [-0.1, -0.05) is 71.1 Å². The van der Waals surface area contributed by atoms with Crippen molar-refractivity contribution in [2.24, 2.45) is 0 Å². The third kappa shape index (κ3) is 13.9. The van der Waals surface area contributed by atoms with E-state index in [4.69, 9.17) is 0 Å². The summed E-state index contributed by atoms with van der Waals surface area (Å²) in [7, 11) is -2.14. The van der Waals surface area contributed by atoms with Gasteiger partial charge in [0.05, 0.1) is 0 Å². The molecule has 0 radical (unpaired) electrons. The number of thiol groups is 1. The van der Waals surface area contributed by atoms with Crippen molar-refractivity contribution in [3.63, 3.8) is 0 Å². The van der Waals surface area contributed by atoms with Crippen LogP contribution in [0.15, 0.2) is 0 Å². The van der Waals surface area contributed by atoms with Crippen molar-refractivity contribution in [2.75, 3.05) is 5.75 Å². The van der Waals surface area contributed by atoms with Crippen LogP contribution in [0.3, 0.4) is 0 Å². The van der Waals surface area contributed by atoms with Crippen LogP contribution in [0.25, 0.3) is 0 Å². The van der Waals surface area contributed by atoms with Gasteiger partial charge in [-0.3, -0.25) is 0 Å². The highest BCUT2D eigenvalue weighted by Crippen LogP contribution is 2.11. The zero-order chi connectivity index (χ0) is 12.1. The normalized spacial score (nSPS) is 11.1. The van der Waals surface area contributed by atoms with E-state index in [0.717, 1.165) is 12.8 Å². The fraction of sp³-hybridized carbons (Fsp3) is 1.00. The topological polar surface area (TPSA) is 34.1 Å². The summed E-state index contributed by atoms with van der Waals surface area (Å²) in [6.45, 7) is 2.25. The molecule has 0 atom stereocenters. The first kappa shape index (κ1) is 16.0. The smallest absolute Gasteiger partial charge is 0.140 e. The maximum absolute atomic E-state index is 10.3. The van der Waals surface area contributed by atoms with Gasteiger partial charge in [0.15, 0.2) is 0 Å². The molecule has 0 heterocycles. The fourth-order valence-electron chi connectivity index (χ4n) is 1.91. The molecule has 3 heteroatoms. The summed E-state index contributed by atoms with van der Waals surface area (Å²) in [4.78, 5) is 0. The van der Waals surface area contributed by atoms with Gasteiger partial charge in [0.1, 0.15) is 10.7 Å². The fourth-order valence-corrected chi connectivity index (χ4v) is 2.39. The van der Waals surface area contributed by atoms with Gasteiger partial charge in [0, 0.05) is 5.75 Å². The standard InChI is InChI=1S/C13H28O2S/c1-2-3-4-5-6-7-8-9-10-11-12-13-16(14)15/h16H,2-13H2,1H3. The second kappa shape index (κ2) is 13.0. The van der Waals surface area contributed by atoms with Crippen LogP contribution in [0.5, 0.6) is 0 Å². The molecule has 2 nitrogen and oxygen atoms in total. The molecule has 0 aromatic rings. The van der Waals surface area contributed by atoms with Gasteiger partial charge in [-0.25, -0.2) is 8.42 Å². The van der Waals surface area contributed by atoms with Crippen molar-refractivity contribution in [3.05, 3.63) is 0 Å². The molecule has 0 aliphatic heterocycles. The van der Waals surface area contributed by atoms with Crippen molar-refractivity contribution < 1.29 is 8.42 Å². The number of unbranched alkanes of at least 4 members (excludes halogenated alkanes) is 10. The van der Waals surface area contributed by atoms with Crippen molar-refractivity contribution in [1.29, 1.82) is 0 Å². The van der Waals surface area contributed by atoms with E-state index in [1.807, 2.05) is 0 Å². The van der Waals surface area contributed by atoms with E-state index in [2.05, 4.69) is 6.92 Å². The highest BCUT2D eigenvalue weighted by molar-refractivity contribution is 7.72. The van der Waals surface area contributed by atoms with Crippen LogP contribution in [-0.4, -0.2) is 14.2 Å². The Morgan fingerprint density at radius 2 is 1.00 bits per heavy atom.